The van der Waals surface area contributed by atoms with Gasteiger partial charge < -0.3 is 20.3 Å². The molecule has 1 aromatic rings. The van der Waals surface area contributed by atoms with Gasteiger partial charge in [-0.05, 0) is 70.1 Å². The zero-order valence-corrected chi connectivity index (χ0v) is 24.0. The first kappa shape index (κ1) is 31.5. The molecular weight excluding hydrogens is 454 g/mol. The molecule has 0 aromatic heterocycles. The van der Waals surface area contributed by atoms with Crippen molar-refractivity contribution in [3.63, 3.8) is 0 Å². The maximum atomic E-state index is 14.1. The van der Waals surface area contributed by atoms with E-state index in [1.165, 1.54) is 0 Å². The number of benzene rings is 1. The summed E-state index contributed by atoms with van der Waals surface area (Å²) in [5.41, 5.74) is 2.27. The van der Waals surface area contributed by atoms with E-state index in [2.05, 4.69) is 17.6 Å². The molecule has 0 heterocycles. The van der Waals surface area contributed by atoms with Gasteiger partial charge in [0, 0.05) is 13.1 Å². The van der Waals surface area contributed by atoms with Gasteiger partial charge in [-0.3, -0.25) is 9.59 Å². The third-order valence-electron chi connectivity index (χ3n) is 6.39. The van der Waals surface area contributed by atoms with Crippen LogP contribution in [0.4, 0.5) is 4.79 Å². The first-order valence-electron chi connectivity index (χ1n) is 13.5. The van der Waals surface area contributed by atoms with Crippen molar-refractivity contribution in [2.75, 3.05) is 13.1 Å². The van der Waals surface area contributed by atoms with Crippen molar-refractivity contribution in [1.29, 1.82) is 0 Å². The lowest BCUT2D eigenvalue weighted by atomic mass is 9.94. The van der Waals surface area contributed by atoms with Crippen LogP contribution in [-0.2, 0) is 14.3 Å². The normalized spacial score (nSPS) is 13.9. The summed E-state index contributed by atoms with van der Waals surface area (Å²) in [5.74, 6) is -0.613. The number of unbranched alkanes of at least 4 members (excludes halogenated alkanes) is 2. The molecule has 7 heteroatoms. The van der Waals surface area contributed by atoms with Crippen molar-refractivity contribution in [2.45, 2.75) is 112 Å². The van der Waals surface area contributed by atoms with Crippen molar-refractivity contribution in [3.8, 4) is 0 Å². The number of nitrogens with one attached hydrogen (secondary N) is 2. The molecule has 204 valence electrons. The molecular formula is C29H49N3O4. The lowest BCUT2D eigenvalue weighted by molar-refractivity contribution is -0.143. The second kappa shape index (κ2) is 14.9. The molecule has 2 N–H and O–H groups in total. The third kappa shape index (κ3) is 9.82. The number of carbonyl (C=O) groups is 3. The average molecular weight is 504 g/mol. The van der Waals surface area contributed by atoms with E-state index in [9.17, 15) is 14.4 Å². The largest absolute Gasteiger partial charge is 0.444 e. The van der Waals surface area contributed by atoms with Crippen LogP contribution >= 0.6 is 0 Å². The minimum Gasteiger partial charge on any atom is -0.444 e. The van der Waals surface area contributed by atoms with Gasteiger partial charge in [-0.2, -0.15) is 0 Å². The predicted molar refractivity (Wildman–Crippen MR) is 146 cm³/mol. The van der Waals surface area contributed by atoms with Gasteiger partial charge in [0.25, 0.3) is 0 Å². The Morgan fingerprint density at radius 2 is 1.67 bits per heavy atom. The van der Waals surface area contributed by atoms with Gasteiger partial charge in [0.15, 0.2) is 0 Å². The highest BCUT2D eigenvalue weighted by Gasteiger charge is 2.37. The SMILES string of the molecule is CCCCCNC(=O)C(c1ccc(C)c(C)c1)N(CCC)C(=O)C(NC(=O)OC(C)(C)C)C(C)CC. The highest BCUT2D eigenvalue weighted by molar-refractivity contribution is 5.92. The summed E-state index contributed by atoms with van der Waals surface area (Å²) in [6, 6.07) is 4.31. The lowest BCUT2D eigenvalue weighted by Crippen LogP contribution is -2.55. The highest BCUT2D eigenvalue weighted by Crippen LogP contribution is 2.26. The minimum atomic E-state index is -0.807. The number of alkyl carbamates (subject to hydrolysis) is 1. The van der Waals surface area contributed by atoms with Crippen LogP contribution in [0.25, 0.3) is 0 Å². The van der Waals surface area contributed by atoms with Crippen molar-refractivity contribution in [2.24, 2.45) is 5.92 Å². The van der Waals surface area contributed by atoms with Crippen LogP contribution in [0.15, 0.2) is 18.2 Å². The second-order valence-corrected chi connectivity index (χ2v) is 10.8. The summed E-state index contributed by atoms with van der Waals surface area (Å²) in [4.78, 5) is 41.9. The fourth-order valence-electron chi connectivity index (χ4n) is 3.99. The smallest absolute Gasteiger partial charge is 0.408 e. The summed E-state index contributed by atoms with van der Waals surface area (Å²) < 4.78 is 5.45. The molecule has 7 nitrogen and oxygen atoms in total. The number of amides is 3. The van der Waals surface area contributed by atoms with Crippen molar-refractivity contribution in [3.05, 3.63) is 34.9 Å². The molecule has 3 amide bonds. The summed E-state index contributed by atoms with van der Waals surface area (Å²) >= 11 is 0. The standard InChI is InChI=1S/C29H49N3O4/c1-10-13-14-17-30-26(33)25(23-16-15-21(5)22(6)19-23)32(18-11-2)27(34)24(20(4)12-3)31-28(35)36-29(7,8)9/h15-16,19-20,24-25H,10-14,17-18H2,1-9H3,(H,30,33)(H,31,35). The molecule has 1 aromatic carbocycles. The van der Waals surface area contributed by atoms with E-state index in [4.69, 9.17) is 4.74 Å². The summed E-state index contributed by atoms with van der Waals surface area (Å²) in [6.45, 7) is 18.4. The number of rotatable bonds is 13. The first-order valence-corrected chi connectivity index (χ1v) is 13.5. The lowest BCUT2D eigenvalue weighted by Gasteiger charge is -2.36. The Balaban J connectivity index is 3.43. The molecule has 0 saturated heterocycles. The van der Waals surface area contributed by atoms with Crippen LogP contribution in [0.5, 0.6) is 0 Å². The predicted octanol–water partition coefficient (Wildman–Crippen LogP) is 5.83. The molecule has 0 spiro atoms. The molecule has 3 atom stereocenters. The Hall–Kier alpha value is -2.57. The van der Waals surface area contributed by atoms with Gasteiger partial charge in [0.05, 0.1) is 0 Å². The van der Waals surface area contributed by atoms with E-state index in [-0.39, 0.29) is 17.7 Å². The summed E-state index contributed by atoms with van der Waals surface area (Å²) in [6.07, 6.45) is 3.70. The van der Waals surface area contributed by atoms with Gasteiger partial charge in [-0.15, -0.1) is 0 Å². The summed E-state index contributed by atoms with van der Waals surface area (Å²) in [7, 11) is 0. The van der Waals surface area contributed by atoms with Crippen molar-refractivity contribution < 1.29 is 19.1 Å². The third-order valence-corrected chi connectivity index (χ3v) is 6.39. The van der Waals surface area contributed by atoms with Crippen LogP contribution in [0.3, 0.4) is 0 Å². The Morgan fingerprint density at radius 3 is 2.19 bits per heavy atom. The zero-order chi connectivity index (χ0) is 27.5. The number of carbonyl (C=O) groups excluding carboxylic acids is 3. The quantitative estimate of drug-likeness (QED) is 0.332. The van der Waals surface area contributed by atoms with E-state index in [1.807, 2.05) is 52.8 Å². The Bertz CT molecular complexity index is 863. The molecule has 1 rings (SSSR count). The van der Waals surface area contributed by atoms with Gasteiger partial charge in [-0.1, -0.05) is 65.2 Å². The van der Waals surface area contributed by atoms with Gasteiger partial charge in [0.1, 0.15) is 17.7 Å². The Kier molecular flexibility index (Phi) is 13.0. The average Bonchev–Trinajstić information content (AvgIpc) is 2.80. The molecule has 0 fully saturated rings. The van der Waals surface area contributed by atoms with E-state index in [0.29, 0.717) is 25.9 Å². The van der Waals surface area contributed by atoms with Crippen LogP contribution in [0.1, 0.15) is 103 Å². The number of hydrogen-bond acceptors (Lipinski definition) is 4. The maximum Gasteiger partial charge on any atom is 0.408 e. The molecule has 3 unspecified atom stereocenters. The van der Waals surface area contributed by atoms with E-state index >= 15 is 0 Å². The number of ether oxygens (including phenoxy) is 1. The fraction of sp³-hybridized carbons (Fsp3) is 0.690. The van der Waals surface area contributed by atoms with Gasteiger partial charge in [0.2, 0.25) is 11.8 Å². The fourth-order valence-corrected chi connectivity index (χ4v) is 3.99. The molecule has 0 radical (unpaired) electrons. The summed E-state index contributed by atoms with van der Waals surface area (Å²) in [5, 5.41) is 5.86. The van der Waals surface area contributed by atoms with Crippen LogP contribution in [-0.4, -0.2) is 47.5 Å². The second-order valence-electron chi connectivity index (χ2n) is 10.8. The number of hydrogen-bond donors (Lipinski definition) is 2. The molecule has 0 bridgehead atoms. The Morgan fingerprint density at radius 1 is 1.00 bits per heavy atom. The number of nitrogens with zero attached hydrogens (tertiary/aromatic N) is 1. The topological polar surface area (TPSA) is 87.7 Å². The zero-order valence-electron chi connectivity index (χ0n) is 24.0. The van der Waals surface area contributed by atoms with Gasteiger partial charge >= 0.3 is 6.09 Å². The Labute approximate surface area is 218 Å². The van der Waals surface area contributed by atoms with E-state index < -0.39 is 23.8 Å². The van der Waals surface area contributed by atoms with Crippen LogP contribution in [0, 0.1) is 19.8 Å². The molecule has 0 aliphatic heterocycles. The van der Waals surface area contributed by atoms with Crippen LogP contribution in [0.2, 0.25) is 0 Å². The molecule has 0 aliphatic rings. The van der Waals surface area contributed by atoms with Gasteiger partial charge in [-0.25, -0.2) is 4.79 Å². The van der Waals surface area contributed by atoms with E-state index in [0.717, 1.165) is 36.0 Å². The molecule has 36 heavy (non-hydrogen) atoms. The molecule has 0 saturated carbocycles. The van der Waals surface area contributed by atoms with Crippen molar-refractivity contribution in [1.82, 2.24) is 15.5 Å². The van der Waals surface area contributed by atoms with Crippen molar-refractivity contribution >= 4 is 17.9 Å². The monoisotopic (exact) mass is 503 g/mol. The highest BCUT2D eigenvalue weighted by atomic mass is 16.6. The first-order chi connectivity index (χ1) is 16.9. The maximum absolute atomic E-state index is 14.1. The number of aryl methyl sites for hydroxylation is 2. The van der Waals surface area contributed by atoms with E-state index in [1.54, 1.807) is 25.7 Å². The molecule has 0 aliphatic carbocycles. The minimum absolute atomic E-state index is 0.141. The van der Waals surface area contributed by atoms with Crippen LogP contribution < -0.4 is 10.6 Å².